The SMILES string of the molecule is COc1cccc(Oc2cc3c4c(cc(Oc5cccc(OC)c5)c5c6c(Oc7cccc(OC)c7)cc7c8c(cc(Oc9cccc(OC)c9)c(c2c45)c86)C(=O)N(C(Cc2ccccc2)C(=O)OCC2CO2)C7=O)C(=O)N(C(Cc2ccccc2)C(=O)OCC2CO2)C3=O)c1. The number of rotatable bonds is 24. The molecule has 15 rings (SSSR count). The van der Waals surface area contributed by atoms with E-state index in [1.165, 1.54) is 52.7 Å². The van der Waals surface area contributed by atoms with Gasteiger partial charge in [-0.15, -0.1) is 0 Å². The fraction of sp³-hybridized carbons (Fsp3) is 0.184. The first-order chi connectivity index (χ1) is 46.9. The number of benzene rings is 11. The quantitative estimate of drug-likeness (QED) is 0.0180. The van der Waals surface area contributed by atoms with Crippen LogP contribution in [0.5, 0.6) is 69.0 Å². The van der Waals surface area contributed by atoms with Crippen LogP contribution in [0, 0.1) is 0 Å². The first-order valence-electron chi connectivity index (χ1n) is 30.9. The van der Waals surface area contributed by atoms with Gasteiger partial charge in [0, 0.05) is 80.2 Å². The summed E-state index contributed by atoms with van der Waals surface area (Å²) in [5, 5.41) is 1.37. The number of imide groups is 2. The molecule has 20 nitrogen and oxygen atoms in total. The molecule has 4 aliphatic heterocycles. The van der Waals surface area contributed by atoms with E-state index in [1.807, 2.05) is 12.1 Å². The third-order valence-electron chi connectivity index (χ3n) is 17.4. The minimum atomic E-state index is -1.52. The van der Waals surface area contributed by atoms with Crippen LogP contribution in [0.4, 0.5) is 0 Å². The lowest BCUT2D eigenvalue weighted by Gasteiger charge is -2.35. The normalized spacial score (nSPS) is 16.0. The van der Waals surface area contributed by atoms with Gasteiger partial charge < -0.3 is 56.8 Å². The summed E-state index contributed by atoms with van der Waals surface area (Å²) < 4.78 is 74.1. The predicted molar refractivity (Wildman–Crippen MR) is 350 cm³/mol. The summed E-state index contributed by atoms with van der Waals surface area (Å²) in [4.78, 5) is 96.4. The van der Waals surface area contributed by atoms with Crippen LogP contribution >= 0.6 is 0 Å². The second-order valence-corrected chi connectivity index (χ2v) is 23.4. The summed E-state index contributed by atoms with van der Waals surface area (Å²) in [5.41, 5.74) is 0.965. The number of ether oxygens (including phenoxy) is 12. The summed E-state index contributed by atoms with van der Waals surface area (Å²) >= 11 is 0. The van der Waals surface area contributed by atoms with E-state index in [9.17, 15) is 9.59 Å². The zero-order valence-corrected chi connectivity index (χ0v) is 52.1. The molecule has 0 radical (unpaired) electrons. The molecule has 4 atom stereocenters. The maximum absolute atomic E-state index is 16.2. The van der Waals surface area contributed by atoms with Gasteiger partial charge in [0.25, 0.3) is 23.6 Å². The van der Waals surface area contributed by atoms with Gasteiger partial charge in [0.2, 0.25) is 0 Å². The van der Waals surface area contributed by atoms with Gasteiger partial charge >= 0.3 is 11.9 Å². The fourth-order valence-corrected chi connectivity index (χ4v) is 12.7. The van der Waals surface area contributed by atoms with Gasteiger partial charge in [0.1, 0.15) is 106 Å². The smallest absolute Gasteiger partial charge is 0.329 e. The molecule has 0 saturated carbocycles. The van der Waals surface area contributed by atoms with Crippen molar-refractivity contribution in [2.24, 2.45) is 0 Å². The Morgan fingerprint density at radius 1 is 0.365 bits per heavy atom. The van der Waals surface area contributed by atoms with Crippen LogP contribution < -0.4 is 37.9 Å². The third-order valence-corrected chi connectivity index (χ3v) is 17.4. The number of amides is 4. The highest BCUT2D eigenvalue weighted by molar-refractivity contribution is 6.45. The van der Waals surface area contributed by atoms with E-state index in [4.69, 9.17) is 56.8 Å². The van der Waals surface area contributed by atoms with Gasteiger partial charge in [-0.25, -0.2) is 9.59 Å². The van der Waals surface area contributed by atoms with E-state index in [2.05, 4.69) is 0 Å². The Morgan fingerprint density at radius 2 is 0.635 bits per heavy atom. The summed E-state index contributed by atoms with van der Waals surface area (Å²) in [6.07, 6.45) is -0.968. The molecule has 0 aromatic heterocycles. The molecule has 480 valence electrons. The highest BCUT2D eigenvalue weighted by atomic mass is 16.6. The van der Waals surface area contributed by atoms with E-state index in [-0.39, 0.29) is 150 Å². The minimum Gasteiger partial charge on any atom is -0.497 e. The molecule has 11 aromatic rings. The average molecular weight is 1290 g/mol. The van der Waals surface area contributed by atoms with E-state index in [0.717, 1.165) is 9.80 Å². The zero-order chi connectivity index (χ0) is 65.9. The maximum Gasteiger partial charge on any atom is 0.329 e. The molecule has 2 fully saturated rings. The molecule has 2 saturated heterocycles. The molecule has 0 bridgehead atoms. The Morgan fingerprint density at radius 3 is 0.896 bits per heavy atom. The monoisotopic (exact) mass is 1290 g/mol. The number of epoxide rings is 2. The lowest BCUT2D eigenvalue weighted by molar-refractivity contribution is -0.149. The van der Waals surface area contributed by atoms with E-state index < -0.39 is 47.7 Å². The molecule has 20 heteroatoms. The summed E-state index contributed by atoms with van der Waals surface area (Å²) in [7, 11) is 6.01. The molecular weight excluding hydrogens is 1230 g/mol. The predicted octanol–water partition coefficient (Wildman–Crippen LogP) is 13.2. The Kier molecular flexibility index (Phi) is 15.7. The highest BCUT2D eigenvalue weighted by Gasteiger charge is 2.47. The summed E-state index contributed by atoms with van der Waals surface area (Å²) in [6.45, 7) is 0.514. The Bertz CT molecular complexity index is 4430. The van der Waals surface area contributed by atoms with Crippen molar-refractivity contribution in [3.05, 3.63) is 215 Å². The number of carbonyl (C=O) groups excluding carboxylic acids is 6. The Hall–Kier alpha value is -11.7. The number of carbonyl (C=O) groups is 6. The second-order valence-electron chi connectivity index (χ2n) is 23.4. The molecule has 4 aliphatic rings. The van der Waals surface area contributed by atoms with Crippen molar-refractivity contribution in [2.75, 3.05) is 54.9 Å². The number of hydrogen-bond acceptors (Lipinski definition) is 18. The molecule has 4 heterocycles. The van der Waals surface area contributed by atoms with Crippen molar-refractivity contribution in [3.8, 4) is 69.0 Å². The van der Waals surface area contributed by atoms with Crippen LogP contribution in [0.15, 0.2) is 182 Å². The number of methoxy groups -OCH3 is 4. The molecule has 4 amide bonds. The van der Waals surface area contributed by atoms with Crippen molar-refractivity contribution in [3.63, 3.8) is 0 Å². The Balaban J connectivity index is 1.09. The van der Waals surface area contributed by atoms with Crippen LogP contribution in [0.25, 0.3) is 43.1 Å². The van der Waals surface area contributed by atoms with Crippen molar-refractivity contribution in [1.82, 2.24) is 9.80 Å². The van der Waals surface area contributed by atoms with Crippen molar-refractivity contribution in [1.29, 1.82) is 0 Å². The van der Waals surface area contributed by atoms with Crippen molar-refractivity contribution < 1.29 is 85.6 Å². The van der Waals surface area contributed by atoms with Gasteiger partial charge in [-0.1, -0.05) is 84.9 Å². The molecule has 0 N–H and O–H groups in total. The number of esters is 2. The molecule has 11 aromatic carbocycles. The Labute approximate surface area is 548 Å². The van der Waals surface area contributed by atoms with E-state index in [1.54, 1.807) is 146 Å². The molecule has 0 aliphatic carbocycles. The van der Waals surface area contributed by atoms with Crippen LogP contribution in [0.3, 0.4) is 0 Å². The molecule has 0 spiro atoms. The average Bonchev–Trinajstić information content (AvgIpc) is 1.65. The zero-order valence-electron chi connectivity index (χ0n) is 52.1. The van der Waals surface area contributed by atoms with Gasteiger partial charge in [-0.3, -0.25) is 29.0 Å². The van der Waals surface area contributed by atoms with Gasteiger partial charge in [-0.05, 0) is 83.9 Å². The van der Waals surface area contributed by atoms with Gasteiger partial charge in [-0.2, -0.15) is 0 Å². The van der Waals surface area contributed by atoms with Crippen LogP contribution in [-0.2, 0) is 41.4 Å². The lowest BCUT2D eigenvalue weighted by atomic mass is 9.80. The second kappa shape index (κ2) is 25.0. The lowest BCUT2D eigenvalue weighted by Crippen LogP contribution is -2.52. The van der Waals surface area contributed by atoms with Crippen LogP contribution in [-0.4, -0.2) is 125 Å². The molecule has 4 unspecified atom stereocenters. The van der Waals surface area contributed by atoms with Crippen molar-refractivity contribution >= 4 is 78.7 Å². The summed E-state index contributed by atoms with van der Waals surface area (Å²) in [6, 6.07) is 48.0. The summed E-state index contributed by atoms with van der Waals surface area (Å²) in [5.74, 6) is -2.68. The molecule has 96 heavy (non-hydrogen) atoms. The van der Waals surface area contributed by atoms with Gasteiger partial charge in [0.15, 0.2) is 0 Å². The minimum absolute atomic E-state index is 0.00953. The van der Waals surface area contributed by atoms with E-state index in [0.29, 0.717) is 47.3 Å². The maximum atomic E-state index is 16.2. The number of nitrogens with zero attached hydrogens (tertiary/aromatic N) is 2. The van der Waals surface area contributed by atoms with Crippen LogP contribution in [0.1, 0.15) is 52.6 Å². The van der Waals surface area contributed by atoms with E-state index >= 15 is 19.2 Å². The van der Waals surface area contributed by atoms with Crippen molar-refractivity contribution in [2.45, 2.75) is 37.1 Å². The topological polar surface area (TPSA) is 226 Å². The largest absolute Gasteiger partial charge is 0.497 e. The van der Waals surface area contributed by atoms with Gasteiger partial charge in [0.05, 0.1) is 63.9 Å². The molecular formula is C76H58N2O18. The fourth-order valence-electron chi connectivity index (χ4n) is 12.7. The standard InChI is InChI=1S/C76H58N2O18/c1-85-43-19-11-23-47(29-43)93-59-33-53-63-54(72(80)77(71(53)79)57(27-41-15-7-5-8-16-41)75(83)91-39-51-37-89-51)35-61(95-49-25-13-21-45(31-49)87-3)67-68-62(96-50-26-14-22-46(32-50)88-4)36-56-64-55(34-60(66(70(64)68)65(59)69(63)67)94-48-24-12-20-44(30-48)86-2)73(81)78(74(56)82)58(28-42-17-9-6-10-18-42)76(84)92-40-52-38-90-52/h5-26,29-36,51-52,57-58H,27-28,37-40H2,1-4H3. The highest BCUT2D eigenvalue weighted by Crippen LogP contribution is 2.58. The van der Waals surface area contributed by atoms with Crippen LogP contribution in [0.2, 0.25) is 0 Å². The first-order valence-corrected chi connectivity index (χ1v) is 30.9. The third kappa shape index (κ3) is 11.2. The first kappa shape index (κ1) is 60.5. The number of hydrogen-bond donors (Lipinski definition) is 0. The number of fused-ring (bicyclic) bond motifs is 2.